The maximum Gasteiger partial charge on any atom is 0.318 e. The maximum absolute atomic E-state index is 15.7. The summed E-state index contributed by atoms with van der Waals surface area (Å²) in [7, 11) is 0. The second-order valence-corrected chi connectivity index (χ2v) is 12.7. The van der Waals surface area contributed by atoms with Crippen LogP contribution in [-0.4, -0.2) is 78.5 Å². The Labute approximate surface area is 242 Å². The van der Waals surface area contributed by atoms with Gasteiger partial charge in [0.15, 0.2) is 5.82 Å². The number of nitrogen functional groups attached to an aromatic ring is 1. The summed E-state index contributed by atoms with van der Waals surface area (Å²) in [4.78, 5) is 13.1. The molecule has 2 aromatic rings. The van der Waals surface area contributed by atoms with Crippen molar-refractivity contribution >= 4 is 11.5 Å². The third-order valence-electron chi connectivity index (χ3n) is 9.85. The summed E-state index contributed by atoms with van der Waals surface area (Å²) in [5.74, 6) is -3.24. The number of ether oxygens (including phenoxy) is 3. The molecule has 2 N–H and O–H groups in total. The lowest BCUT2D eigenvalue weighted by atomic mass is 9.73. The lowest BCUT2D eigenvalue weighted by molar-refractivity contribution is -0.0878. The number of nitrogens with zero attached hydrogens (tertiary/aromatic N) is 4. The highest BCUT2D eigenvalue weighted by Gasteiger charge is 2.50. The van der Waals surface area contributed by atoms with Gasteiger partial charge in [0.05, 0.1) is 36.7 Å². The summed E-state index contributed by atoms with van der Waals surface area (Å²) in [5.41, 5.74) is 8.18. The van der Waals surface area contributed by atoms with Gasteiger partial charge in [0, 0.05) is 37.1 Å². The van der Waals surface area contributed by atoms with Gasteiger partial charge >= 0.3 is 6.01 Å². The summed E-state index contributed by atoms with van der Waals surface area (Å²) in [6.07, 6.45) is 3.56. The molecule has 7 rings (SSSR count). The first-order valence-electron chi connectivity index (χ1n) is 14.9. The summed E-state index contributed by atoms with van der Waals surface area (Å²) >= 11 is 0. The van der Waals surface area contributed by atoms with Crippen molar-refractivity contribution < 1.29 is 31.8 Å². The van der Waals surface area contributed by atoms with E-state index in [2.05, 4.69) is 9.88 Å². The molecule has 3 fully saturated rings. The molecule has 42 heavy (non-hydrogen) atoms. The average molecular weight is 592 g/mol. The van der Waals surface area contributed by atoms with Gasteiger partial charge in [-0.05, 0) is 62.8 Å². The predicted octanol–water partition coefficient (Wildman–Crippen LogP) is 4.24. The van der Waals surface area contributed by atoms with Gasteiger partial charge in [0.1, 0.15) is 30.8 Å². The number of benzene rings is 1. The Balaban J connectivity index is 1.28. The Morgan fingerprint density at radius 1 is 1.17 bits per heavy atom. The van der Waals surface area contributed by atoms with E-state index >= 15 is 4.39 Å². The van der Waals surface area contributed by atoms with Gasteiger partial charge in [-0.3, -0.25) is 4.90 Å². The van der Waals surface area contributed by atoms with Crippen LogP contribution in [0.3, 0.4) is 0 Å². The van der Waals surface area contributed by atoms with Crippen molar-refractivity contribution in [1.82, 2.24) is 14.9 Å². The Kier molecular flexibility index (Phi) is 6.82. The van der Waals surface area contributed by atoms with Gasteiger partial charge in [-0.1, -0.05) is 0 Å². The van der Waals surface area contributed by atoms with Gasteiger partial charge in [-0.2, -0.15) is 9.97 Å². The molecule has 228 valence electrons. The Bertz CT molecular complexity index is 1400. The van der Waals surface area contributed by atoms with Crippen molar-refractivity contribution in [3.05, 3.63) is 39.8 Å². The number of hydrogen-bond donors (Lipinski definition) is 1. The zero-order chi connectivity index (χ0) is 29.3. The molecule has 1 spiro atoms. The SMILES string of the molecule is Cc1cc(N)c(F)c2c1CCC[C@]21Cc2nc(OCC34CCCN3C[C@H](F)C4)nc(N3CCOCC(F)(F)C3)c2CO1. The van der Waals surface area contributed by atoms with Crippen molar-refractivity contribution in [3.8, 4) is 6.01 Å². The lowest BCUT2D eigenvalue weighted by Gasteiger charge is -2.43. The zero-order valence-corrected chi connectivity index (χ0v) is 23.9. The van der Waals surface area contributed by atoms with E-state index in [1.54, 1.807) is 6.07 Å². The molecule has 0 amide bonds. The highest BCUT2D eigenvalue weighted by Crippen LogP contribution is 2.49. The Morgan fingerprint density at radius 3 is 2.88 bits per heavy atom. The van der Waals surface area contributed by atoms with E-state index in [1.165, 1.54) is 4.90 Å². The standard InChI is InChI=1S/C30H37F4N5O3/c1-18-10-22(35)25(32)24-20(18)4-2-6-29(24)12-23-21(14-42-29)26(38-8-9-40-17-30(33,34)15-38)37-27(36-23)41-16-28-5-3-7-39(28)13-19(31)11-28/h10,19H,2-9,11-17,35H2,1H3/t19-,28?,29+/m1/s1. The minimum absolute atomic E-state index is 0.0296. The Morgan fingerprint density at radius 2 is 2.02 bits per heavy atom. The highest BCUT2D eigenvalue weighted by atomic mass is 19.3. The van der Waals surface area contributed by atoms with Crippen molar-refractivity contribution in [2.24, 2.45) is 0 Å². The second kappa shape index (κ2) is 10.2. The maximum atomic E-state index is 15.7. The van der Waals surface area contributed by atoms with Crippen LogP contribution in [0.1, 0.15) is 60.1 Å². The summed E-state index contributed by atoms with van der Waals surface area (Å²) in [6, 6.07) is 1.71. The molecule has 3 atom stereocenters. The van der Waals surface area contributed by atoms with Gasteiger partial charge in [-0.15, -0.1) is 0 Å². The number of aromatic nitrogens is 2. The lowest BCUT2D eigenvalue weighted by Crippen LogP contribution is -2.44. The number of fused-ring (bicyclic) bond motifs is 4. The van der Waals surface area contributed by atoms with Crippen molar-refractivity contribution in [2.75, 3.05) is 56.6 Å². The normalized spacial score (nSPS) is 30.6. The van der Waals surface area contributed by atoms with Crippen LogP contribution in [0.15, 0.2) is 6.07 Å². The summed E-state index contributed by atoms with van der Waals surface area (Å²) in [6.45, 7) is 2.44. The molecule has 0 saturated carbocycles. The van der Waals surface area contributed by atoms with Crippen LogP contribution in [0, 0.1) is 12.7 Å². The molecule has 3 saturated heterocycles. The number of hydrogen-bond acceptors (Lipinski definition) is 8. The first-order chi connectivity index (χ1) is 20.1. The van der Waals surface area contributed by atoms with E-state index in [4.69, 9.17) is 24.9 Å². The van der Waals surface area contributed by atoms with Crippen molar-refractivity contribution in [1.29, 1.82) is 0 Å². The van der Waals surface area contributed by atoms with Gasteiger partial charge < -0.3 is 24.8 Å². The predicted molar refractivity (Wildman–Crippen MR) is 147 cm³/mol. The summed E-state index contributed by atoms with van der Waals surface area (Å²) < 4.78 is 77.3. The highest BCUT2D eigenvalue weighted by molar-refractivity contribution is 5.56. The molecular formula is C30H37F4N5O3. The van der Waals surface area contributed by atoms with Gasteiger partial charge in [-0.25, -0.2) is 17.6 Å². The third-order valence-corrected chi connectivity index (χ3v) is 9.85. The van der Waals surface area contributed by atoms with Crippen molar-refractivity contribution in [2.45, 2.75) is 81.7 Å². The van der Waals surface area contributed by atoms with E-state index in [0.29, 0.717) is 42.0 Å². The third kappa shape index (κ3) is 4.70. The fourth-order valence-electron chi connectivity index (χ4n) is 7.93. The summed E-state index contributed by atoms with van der Waals surface area (Å²) in [5, 5.41) is 0. The molecule has 0 bridgehead atoms. The zero-order valence-electron chi connectivity index (χ0n) is 23.9. The van der Waals surface area contributed by atoms with Crippen LogP contribution < -0.4 is 15.4 Å². The number of alkyl halides is 3. The van der Waals surface area contributed by atoms with Gasteiger partial charge in [0.25, 0.3) is 5.92 Å². The molecule has 5 aliphatic rings. The van der Waals surface area contributed by atoms with Crippen LogP contribution in [0.25, 0.3) is 0 Å². The van der Waals surface area contributed by atoms with Crippen LogP contribution >= 0.6 is 0 Å². The first-order valence-corrected chi connectivity index (χ1v) is 14.9. The largest absolute Gasteiger partial charge is 0.461 e. The number of aryl methyl sites for hydroxylation is 1. The Hall–Kier alpha value is -2.70. The topological polar surface area (TPSA) is 86.0 Å². The molecule has 1 aromatic carbocycles. The van der Waals surface area contributed by atoms with Crippen LogP contribution in [0.5, 0.6) is 6.01 Å². The smallest absolute Gasteiger partial charge is 0.318 e. The molecule has 8 nitrogen and oxygen atoms in total. The van der Waals surface area contributed by atoms with E-state index in [0.717, 1.165) is 43.4 Å². The van der Waals surface area contributed by atoms with E-state index in [1.807, 2.05) is 6.92 Å². The molecule has 1 unspecified atom stereocenters. The molecule has 0 radical (unpaired) electrons. The minimum Gasteiger partial charge on any atom is -0.461 e. The monoisotopic (exact) mass is 591 g/mol. The number of nitrogens with two attached hydrogens (primary N) is 1. The second-order valence-electron chi connectivity index (χ2n) is 12.7. The fourth-order valence-corrected chi connectivity index (χ4v) is 7.93. The van der Waals surface area contributed by atoms with E-state index in [9.17, 15) is 13.2 Å². The first kappa shape index (κ1) is 28.1. The number of halogens is 4. The molecule has 5 heterocycles. The van der Waals surface area contributed by atoms with Crippen LogP contribution in [0.4, 0.5) is 29.1 Å². The molecular weight excluding hydrogens is 554 g/mol. The van der Waals surface area contributed by atoms with Gasteiger partial charge in [0.2, 0.25) is 0 Å². The molecule has 1 aromatic heterocycles. The fraction of sp³-hybridized carbons (Fsp3) is 0.667. The molecule has 12 heteroatoms. The molecule has 4 aliphatic heterocycles. The van der Waals surface area contributed by atoms with E-state index in [-0.39, 0.29) is 44.5 Å². The minimum atomic E-state index is -3.07. The van der Waals surface area contributed by atoms with Crippen LogP contribution in [0.2, 0.25) is 0 Å². The van der Waals surface area contributed by atoms with E-state index < -0.39 is 42.2 Å². The average Bonchev–Trinajstić information content (AvgIpc) is 3.40. The number of rotatable bonds is 4. The van der Waals surface area contributed by atoms with Crippen LogP contribution in [-0.2, 0) is 34.5 Å². The number of anilines is 2. The van der Waals surface area contributed by atoms with Crippen molar-refractivity contribution in [3.63, 3.8) is 0 Å². The quantitative estimate of drug-likeness (QED) is 0.418. The molecule has 1 aliphatic carbocycles.